The highest BCUT2D eigenvalue weighted by Crippen LogP contribution is 2.33. The quantitative estimate of drug-likeness (QED) is 0.829. The number of phenolic OH excluding ortho intramolecular Hbond substituents is 1. The van der Waals surface area contributed by atoms with Crippen molar-refractivity contribution in [3.8, 4) is 11.5 Å². The van der Waals surface area contributed by atoms with Crippen LogP contribution in [0.5, 0.6) is 11.5 Å². The minimum Gasteiger partial charge on any atom is -0.504 e. The lowest BCUT2D eigenvalue weighted by atomic mass is 10.3. The van der Waals surface area contributed by atoms with Crippen LogP contribution in [0.15, 0.2) is 18.2 Å². The summed E-state index contributed by atoms with van der Waals surface area (Å²) in [6, 6.07) is 2.95. The average molecular weight is 270 g/mol. The van der Waals surface area contributed by atoms with Gasteiger partial charge in [-0.2, -0.15) is 0 Å². The number of hydrogen-bond donors (Lipinski definition) is 2. The van der Waals surface area contributed by atoms with E-state index in [2.05, 4.69) is 10.1 Å². The zero-order valence-electron chi connectivity index (χ0n) is 8.21. The predicted octanol–water partition coefficient (Wildman–Crippen LogP) is 2.47. The number of carbonyl (C=O) groups excluding carboxylic acids is 1. The fourth-order valence-corrected chi connectivity index (χ4v) is 1.07. The maximum atomic E-state index is 11.9. The molecule has 1 aromatic rings. The number of benzene rings is 1. The first-order valence-electron chi connectivity index (χ1n) is 4.26. The van der Waals surface area contributed by atoms with E-state index in [9.17, 15) is 23.1 Å². The summed E-state index contributed by atoms with van der Waals surface area (Å²) in [5, 5.41) is 11.5. The second-order valence-corrected chi connectivity index (χ2v) is 3.18. The first-order chi connectivity index (χ1) is 7.81. The van der Waals surface area contributed by atoms with E-state index in [1.165, 1.54) is 0 Å². The fraction of sp³-hybridized carbons (Fsp3) is 0.222. The molecular weight excluding hydrogens is 263 g/mol. The number of anilines is 1. The van der Waals surface area contributed by atoms with E-state index in [1.54, 1.807) is 0 Å². The number of phenols is 1. The molecule has 0 atom stereocenters. The lowest BCUT2D eigenvalue weighted by molar-refractivity contribution is -0.275. The van der Waals surface area contributed by atoms with Crippen molar-refractivity contribution in [3.05, 3.63) is 18.2 Å². The first kappa shape index (κ1) is 13.4. The molecule has 8 heteroatoms. The van der Waals surface area contributed by atoms with Crippen molar-refractivity contribution in [1.29, 1.82) is 0 Å². The van der Waals surface area contributed by atoms with Gasteiger partial charge in [0.05, 0.1) is 0 Å². The largest absolute Gasteiger partial charge is 0.573 e. The molecule has 0 spiro atoms. The molecule has 0 heterocycles. The molecule has 17 heavy (non-hydrogen) atoms. The number of rotatable bonds is 3. The summed E-state index contributed by atoms with van der Waals surface area (Å²) in [6.45, 7) is 0. The Morgan fingerprint density at radius 2 is 2.12 bits per heavy atom. The van der Waals surface area contributed by atoms with Crippen molar-refractivity contribution in [1.82, 2.24) is 0 Å². The van der Waals surface area contributed by atoms with Gasteiger partial charge in [-0.25, -0.2) is 0 Å². The zero-order chi connectivity index (χ0) is 13.1. The average Bonchev–Trinajstić information content (AvgIpc) is 2.20. The third kappa shape index (κ3) is 4.39. The molecule has 1 amide bonds. The second kappa shape index (κ2) is 5.13. The van der Waals surface area contributed by atoms with Crippen LogP contribution in [0.1, 0.15) is 0 Å². The molecule has 0 aliphatic carbocycles. The highest BCUT2D eigenvalue weighted by atomic mass is 35.5. The summed E-state index contributed by atoms with van der Waals surface area (Å²) in [5.41, 5.74) is 0.114. The SMILES string of the molecule is O=C(CCl)Nc1ccc(OC(F)(F)F)c(O)c1. The molecule has 0 unspecified atom stereocenters. The summed E-state index contributed by atoms with van der Waals surface area (Å²) in [4.78, 5) is 10.9. The monoisotopic (exact) mass is 269 g/mol. The number of nitrogens with one attached hydrogen (secondary N) is 1. The molecule has 2 N–H and O–H groups in total. The zero-order valence-corrected chi connectivity index (χ0v) is 8.97. The topological polar surface area (TPSA) is 58.6 Å². The molecule has 0 bridgehead atoms. The van der Waals surface area contributed by atoms with Gasteiger partial charge in [-0.3, -0.25) is 4.79 Å². The minimum atomic E-state index is -4.89. The summed E-state index contributed by atoms with van der Waals surface area (Å²) in [6.07, 6.45) is -4.89. The van der Waals surface area contributed by atoms with Gasteiger partial charge >= 0.3 is 6.36 Å². The van der Waals surface area contributed by atoms with E-state index in [-0.39, 0.29) is 11.6 Å². The number of halogens is 4. The molecule has 1 rings (SSSR count). The van der Waals surface area contributed by atoms with Gasteiger partial charge in [-0.05, 0) is 12.1 Å². The molecule has 4 nitrogen and oxygen atoms in total. The third-order valence-corrected chi connectivity index (χ3v) is 1.83. The highest BCUT2D eigenvalue weighted by Gasteiger charge is 2.32. The summed E-state index contributed by atoms with van der Waals surface area (Å²) < 4.78 is 39.1. The lowest BCUT2D eigenvalue weighted by Crippen LogP contribution is -2.17. The molecule has 0 aromatic heterocycles. The Morgan fingerprint density at radius 1 is 1.47 bits per heavy atom. The number of aromatic hydroxyl groups is 1. The maximum Gasteiger partial charge on any atom is 0.573 e. The summed E-state index contributed by atoms with van der Waals surface area (Å²) in [5.74, 6) is -2.34. The van der Waals surface area contributed by atoms with Crippen LogP contribution >= 0.6 is 11.6 Å². The van der Waals surface area contributed by atoms with Crippen LogP contribution in [0, 0.1) is 0 Å². The Balaban J connectivity index is 2.83. The van der Waals surface area contributed by atoms with E-state index in [0.717, 1.165) is 18.2 Å². The predicted molar refractivity (Wildman–Crippen MR) is 54.1 cm³/mol. The highest BCUT2D eigenvalue weighted by molar-refractivity contribution is 6.29. The molecule has 0 saturated heterocycles. The molecule has 0 aliphatic heterocycles. The van der Waals surface area contributed by atoms with Crippen molar-refractivity contribution in [2.24, 2.45) is 0 Å². The third-order valence-electron chi connectivity index (χ3n) is 1.59. The number of ether oxygens (including phenoxy) is 1. The smallest absolute Gasteiger partial charge is 0.504 e. The number of carbonyl (C=O) groups is 1. The first-order valence-corrected chi connectivity index (χ1v) is 4.80. The van der Waals surface area contributed by atoms with E-state index in [1.807, 2.05) is 0 Å². The van der Waals surface area contributed by atoms with E-state index in [0.29, 0.717) is 0 Å². The number of amides is 1. The lowest BCUT2D eigenvalue weighted by Gasteiger charge is -2.11. The van der Waals surface area contributed by atoms with Crippen molar-refractivity contribution in [3.63, 3.8) is 0 Å². The van der Waals surface area contributed by atoms with Crippen LogP contribution in [-0.4, -0.2) is 23.3 Å². The van der Waals surface area contributed by atoms with Crippen LogP contribution in [-0.2, 0) is 4.79 Å². The van der Waals surface area contributed by atoms with Gasteiger partial charge in [0.1, 0.15) is 5.88 Å². The molecule has 0 aliphatic rings. The molecule has 0 fully saturated rings. The number of hydrogen-bond acceptors (Lipinski definition) is 3. The van der Waals surface area contributed by atoms with Crippen molar-refractivity contribution in [2.45, 2.75) is 6.36 Å². The fourth-order valence-electron chi connectivity index (χ4n) is 1.00. The van der Waals surface area contributed by atoms with E-state index < -0.39 is 23.8 Å². The van der Waals surface area contributed by atoms with Crippen LogP contribution in [0.4, 0.5) is 18.9 Å². The van der Waals surface area contributed by atoms with Gasteiger partial charge in [0.15, 0.2) is 11.5 Å². The van der Waals surface area contributed by atoms with Crippen LogP contribution in [0.25, 0.3) is 0 Å². The van der Waals surface area contributed by atoms with Gasteiger partial charge in [-0.15, -0.1) is 24.8 Å². The normalized spacial score (nSPS) is 11.1. The molecule has 1 aromatic carbocycles. The van der Waals surface area contributed by atoms with Crippen LogP contribution in [0.3, 0.4) is 0 Å². The Morgan fingerprint density at radius 3 is 2.59 bits per heavy atom. The van der Waals surface area contributed by atoms with Crippen LogP contribution < -0.4 is 10.1 Å². The van der Waals surface area contributed by atoms with Crippen molar-refractivity contribution >= 4 is 23.2 Å². The van der Waals surface area contributed by atoms with E-state index >= 15 is 0 Å². The van der Waals surface area contributed by atoms with Gasteiger partial charge in [0.25, 0.3) is 0 Å². The second-order valence-electron chi connectivity index (χ2n) is 2.91. The maximum absolute atomic E-state index is 11.9. The number of alkyl halides is 4. The minimum absolute atomic E-state index is 0.114. The van der Waals surface area contributed by atoms with E-state index in [4.69, 9.17) is 11.6 Å². The van der Waals surface area contributed by atoms with Crippen LogP contribution in [0.2, 0.25) is 0 Å². The Bertz CT molecular complexity index is 422. The Hall–Kier alpha value is -1.63. The standard InChI is InChI=1S/C9H7ClF3NO3/c10-4-8(16)14-5-1-2-7(6(15)3-5)17-9(11,12)13/h1-3,15H,4H2,(H,14,16). The van der Waals surface area contributed by atoms with Gasteiger partial charge in [0, 0.05) is 11.8 Å². The van der Waals surface area contributed by atoms with Crippen molar-refractivity contribution in [2.75, 3.05) is 11.2 Å². The van der Waals surface area contributed by atoms with Gasteiger partial charge in [0.2, 0.25) is 5.91 Å². The molecule has 94 valence electrons. The summed E-state index contributed by atoms with van der Waals surface area (Å²) >= 11 is 5.21. The Kier molecular flexibility index (Phi) is 4.06. The van der Waals surface area contributed by atoms with Crippen molar-refractivity contribution < 1.29 is 27.8 Å². The molecule has 0 saturated carbocycles. The molecular formula is C9H7ClF3NO3. The van der Waals surface area contributed by atoms with Gasteiger partial charge in [-0.1, -0.05) is 0 Å². The summed E-state index contributed by atoms with van der Waals surface area (Å²) in [7, 11) is 0. The Labute approximate surface area is 98.9 Å². The molecule has 0 radical (unpaired) electrons. The van der Waals surface area contributed by atoms with Gasteiger partial charge < -0.3 is 15.2 Å².